The second-order valence-electron chi connectivity index (χ2n) is 6.20. The minimum Gasteiger partial charge on any atom is -0.353 e. The molecule has 0 bridgehead atoms. The van der Waals surface area contributed by atoms with E-state index < -0.39 is 0 Å². The van der Waals surface area contributed by atoms with Gasteiger partial charge >= 0.3 is 0 Å². The zero-order valence-corrected chi connectivity index (χ0v) is 13.1. The SMILES string of the molecule is c1cnc2ccc(-c3ccn4nc(NCC5CC5)ncc34)nc2c1. The van der Waals surface area contributed by atoms with Gasteiger partial charge in [-0.15, -0.1) is 5.10 Å². The quantitative estimate of drug-likeness (QED) is 0.626. The molecule has 0 amide bonds. The Kier molecular flexibility index (Phi) is 2.94. The predicted molar refractivity (Wildman–Crippen MR) is 92.7 cm³/mol. The first kappa shape index (κ1) is 13.4. The third-order valence-electron chi connectivity index (χ3n) is 4.39. The van der Waals surface area contributed by atoms with Crippen LogP contribution in [0.3, 0.4) is 0 Å². The molecule has 118 valence electrons. The lowest BCUT2D eigenvalue weighted by atomic mass is 10.1. The van der Waals surface area contributed by atoms with Gasteiger partial charge in [0.1, 0.15) is 0 Å². The third kappa shape index (κ3) is 2.36. The topological polar surface area (TPSA) is 68.0 Å². The fraction of sp³-hybridized carbons (Fsp3) is 0.222. The molecule has 5 rings (SSSR count). The maximum atomic E-state index is 4.71. The normalized spacial score (nSPS) is 14.3. The van der Waals surface area contributed by atoms with Crippen LogP contribution in [0.5, 0.6) is 0 Å². The standard InChI is InChI=1S/C18H16N6/c1-2-16-15(19-8-1)6-5-14(22-16)13-7-9-24-17(13)11-21-18(23-24)20-10-12-3-4-12/h1-2,5-9,11-12H,3-4,10H2,(H,20,23). The van der Waals surface area contributed by atoms with E-state index in [9.17, 15) is 0 Å². The summed E-state index contributed by atoms with van der Waals surface area (Å²) >= 11 is 0. The van der Waals surface area contributed by atoms with Gasteiger partial charge in [0.05, 0.1) is 28.4 Å². The van der Waals surface area contributed by atoms with E-state index in [-0.39, 0.29) is 0 Å². The first-order valence-corrected chi connectivity index (χ1v) is 8.17. The van der Waals surface area contributed by atoms with Gasteiger partial charge in [-0.25, -0.2) is 14.5 Å². The van der Waals surface area contributed by atoms with Gasteiger partial charge in [0, 0.05) is 24.5 Å². The molecule has 6 nitrogen and oxygen atoms in total. The summed E-state index contributed by atoms with van der Waals surface area (Å²) in [7, 11) is 0. The highest BCUT2D eigenvalue weighted by atomic mass is 15.3. The van der Waals surface area contributed by atoms with Crippen LogP contribution in [0.2, 0.25) is 0 Å². The summed E-state index contributed by atoms with van der Waals surface area (Å²) in [5.41, 5.74) is 4.66. The average Bonchev–Trinajstić information content (AvgIpc) is 3.37. The number of hydrogen-bond acceptors (Lipinski definition) is 5. The maximum absolute atomic E-state index is 4.71. The zero-order valence-electron chi connectivity index (χ0n) is 13.1. The summed E-state index contributed by atoms with van der Waals surface area (Å²) in [5.74, 6) is 1.46. The number of nitrogens with zero attached hydrogens (tertiary/aromatic N) is 5. The molecular formula is C18H16N6. The van der Waals surface area contributed by atoms with E-state index in [1.807, 2.05) is 47.2 Å². The highest BCUT2D eigenvalue weighted by Crippen LogP contribution is 2.29. The fourth-order valence-corrected chi connectivity index (χ4v) is 2.86. The molecule has 4 aromatic rings. The Labute approximate surface area is 138 Å². The molecule has 0 aliphatic heterocycles. The van der Waals surface area contributed by atoms with Crippen LogP contribution in [0, 0.1) is 5.92 Å². The van der Waals surface area contributed by atoms with E-state index >= 15 is 0 Å². The minimum absolute atomic E-state index is 0.673. The highest BCUT2D eigenvalue weighted by molar-refractivity contribution is 5.83. The van der Waals surface area contributed by atoms with Gasteiger partial charge < -0.3 is 5.32 Å². The predicted octanol–water partition coefficient (Wildman–Crippen LogP) is 3.16. The number of anilines is 1. The summed E-state index contributed by atoms with van der Waals surface area (Å²) in [6.45, 7) is 0.957. The van der Waals surface area contributed by atoms with E-state index in [0.717, 1.165) is 40.3 Å². The third-order valence-corrected chi connectivity index (χ3v) is 4.39. The first-order valence-electron chi connectivity index (χ1n) is 8.17. The minimum atomic E-state index is 0.673. The van der Waals surface area contributed by atoms with Crippen molar-refractivity contribution in [1.29, 1.82) is 0 Å². The van der Waals surface area contributed by atoms with Crippen LogP contribution in [0.1, 0.15) is 12.8 Å². The molecule has 0 unspecified atom stereocenters. The molecule has 1 aliphatic rings. The molecule has 4 heterocycles. The van der Waals surface area contributed by atoms with E-state index in [4.69, 9.17) is 4.98 Å². The summed E-state index contributed by atoms with van der Waals surface area (Å²) in [4.78, 5) is 13.5. The molecular weight excluding hydrogens is 300 g/mol. The lowest BCUT2D eigenvalue weighted by molar-refractivity contribution is 0.842. The molecule has 0 spiro atoms. The monoisotopic (exact) mass is 316 g/mol. The fourth-order valence-electron chi connectivity index (χ4n) is 2.86. The smallest absolute Gasteiger partial charge is 0.241 e. The van der Waals surface area contributed by atoms with Crippen LogP contribution < -0.4 is 5.32 Å². The van der Waals surface area contributed by atoms with Gasteiger partial charge in [-0.05, 0) is 49.1 Å². The summed E-state index contributed by atoms with van der Waals surface area (Å²) < 4.78 is 1.85. The van der Waals surface area contributed by atoms with Crippen LogP contribution in [-0.2, 0) is 0 Å². The number of pyridine rings is 2. The number of aromatic nitrogens is 5. The second kappa shape index (κ2) is 5.26. The van der Waals surface area contributed by atoms with E-state index in [2.05, 4.69) is 20.4 Å². The van der Waals surface area contributed by atoms with Crippen molar-refractivity contribution in [2.24, 2.45) is 5.92 Å². The zero-order chi connectivity index (χ0) is 15.9. The van der Waals surface area contributed by atoms with E-state index in [0.29, 0.717) is 5.95 Å². The number of nitrogens with one attached hydrogen (secondary N) is 1. The van der Waals surface area contributed by atoms with Gasteiger partial charge in [0.2, 0.25) is 5.95 Å². The Bertz CT molecular complexity index is 1030. The van der Waals surface area contributed by atoms with Gasteiger partial charge in [-0.1, -0.05) is 0 Å². The van der Waals surface area contributed by atoms with Crippen molar-refractivity contribution < 1.29 is 0 Å². The molecule has 24 heavy (non-hydrogen) atoms. The molecule has 0 saturated heterocycles. The van der Waals surface area contributed by atoms with Gasteiger partial charge in [-0.3, -0.25) is 4.98 Å². The van der Waals surface area contributed by atoms with Crippen molar-refractivity contribution in [1.82, 2.24) is 24.6 Å². The first-order chi connectivity index (χ1) is 11.9. The Morgan fingerprint density at radius 2 is 2.04 bits per heavy atom. The van der Waals surface area contributed by atoms with E-state index in [1.54, 1.807) is 6.20 Å². The van der Waals surface area contributed by atoms with Crippen LogP contribution in [0.4, 0.5) is 5.95 Å². The molecule has 1 N–H and O–H groups in total. The Balaban J connectivity index is 1.53. The summed E-state index contributed by atoms with van der Waals surface area (Å²) in [6, 6.07) is 9.88. The van der Waals surface area contributed by atoms with Gasteiger partial charge in [0.15, 0.2) is 0 Å². The second-order valence-corrected chi connectivity index (χ2v) is 6.20. The van der Waals surface area contributed by atoms with Gasteiger partial charge in [-0.2, -0.15) is 0 Å². The van der Waals surface area contributed by atoms with Crippen LogP contribution in [0.25, 0.3) is 27.8 Å². The van der Waals surface area contributed by atoms with Crippen molar-refractivity contribution in [3.05, 3.63) is 48.9 Å². The highest BCUT2D eigenvalue weighted by Gasteiger charge is 2.21. The Morgan fingerprint density at radius 1 is 1.08 bits per heavy atom. The number of hydrogen-bond donors (Lipinski definition) is 1. The molecule has 1 fully saturated rings. The van der Waals surface area contributed by atoms with E-state index in [1.165, 1.54) is 12.8 Å². The van der Waals surface area contributed by atoms with Crippen molar-refractivity contribution in [3.63, 3.8) is 0 Å². The van der Waals surface area contributed by atoms with Crippen molar-refractivity contribution in [2.45, 2.75) is 12.8 Å². The largest absolute Gasteiger partial charge is 0.353 e. The number of rotatable bonds is 4. The van der Waals surface area contributed by atoms with Crippen LogP contribution in [-0.4, -0.2) is 31.1 Å². The molecule has 0 radical (unpaired) electrons. The summed E-state index contributed by atoms with van der Waals surface area (Å²) in [5, 5.41) is 7.84. The Hall–Kier alpha value is -3.02. The maximum Gasteiger partial charge on any atom is 0.241 e. The number of fused-ring (bicyclic) bond motifs is 2. The van der Waals surface area contributed by atoms with Crippen molar-refractivity contribution >= 4 is 22.5 Å². The van der Waals surface area contributed by atoms with Crippen LogP contribution >= 0.6 is 0 Å². The molecule has 6 heteroatoms. The molecule has 4 aromatic heterocycles. The molecule has 1 aliphatic carbocycles. The summed E-state index contributed by atoms with van der Waals surface area (Å²) in [6.07, 6.45) is 8.20. The van der Waals surface area contributed by atoms with Crippen molar-refractivity contribution in [2.75, 3.05) is 11.9 Å². The lowest BCUT2D eigenvalue weighted by Gasteiger charge is -2.05. The molecule has 0 aromatic carbocycles. The lowest BCUT2D eigenvalue weighted by Crippen LogP contribution is -2.08. The molecule has 1 saturated carbocycles. The van der Waals surface area contributed by atoms with Gasteiger partial charge in [0.25, 0.3) is 0 Å². The average molecular weight is 316 g/mol. The molecule has 0 atom stereocenters. The van der Waals surface area contributed by atoms with Crippen molar-refractivity contribution in [3.8, 4) is 11.3 Å². The van der Waals surface area contributed by atoms with Crippen LogP contribution in [0.15, 0.2) is 48.9 Å². The Morgan fingerprint density at radius 3 is 2.96 bits per heavy atom.